The largest absolute Gasteiger partial charge is 0.339 e. The van der Waals surface area contributed by atoms with Crippen LogP contribution in [0.1, 0.15) is 0 Å². The van der Waals surface area contributed by atoms with Gasteiger partial charge in [-0.15, -0.1) is 19.7 Å². The van der Waals surface area contributed by atoms with Crippen molar-refractivity contribution in [1.82, 2.24) is 4.65 Å². The molecule has 27 heavy (non-hydrogen) atoms. The third kappa shape index (κ3) is 3.58. The Balaban J connectivity index is 2.23. The molecule has 3 aromatic rings. The summed E-state index contributed by atoms with van der Waals surface area (Å²) >= 11 is 0. The molecule has 0 amide bonds. The van der Waals surface area contributed by atoms with Crippen LogP contribution in [0.25, 0.3) is 0 Å². The van der Waals surface area contributed by atoms with Crippen molar-refractivity contribution in [2.75, 3.05) is 0 Å². The number of benzene rings is 3. The predicted molar refractivity (Wildman–Crippen MR) is 123 cm³/mol. The van der Waals surface area contributed by atoms with Gasteiger partial charge in [-0.2, -0.15) is 0 Å². The first kappa shape index (κ1) is 19.0. The average molecular weight is 384 g/mol. The SMILES string of the molecule is C=C[Si](C=C)(N[Si](C=C)(c1ccccc1)c1ccccc1)c1ccccc1. The van der Waals surface area contributed by atoms with Gasteiger partial charge in [-0.1, -0.05) is 108 Å². The zero-order chi connectivity index (χ0) is 19.2. The van der Waals surface area contributed by atoms with Crippen molar-refractivity contribution < 1.29 is 0 Å². The second-order valence-corrected chi connectivity index (χ2v) is 13.8. The summed E-state index contributed by atoms with van der Waals surface area (Å²) in [5, 5.41) is 3.81. The highest BCUT2D eigenvalue weighted by atomic mass is 28.4. The van der Waals surface area contributed by atoms with Crippen molar-refractivity contribution in [3.05, 3.63) is 128 Å². The van der Waals surface area contributed by atoms with E-state index in [1.807, 2.05) is 6.07 Å². The van der Waals surface area contributed by atoms with Crippen molar-refractivity contribution in [3.8, 4) is 0 Å². The third-order valence-electron chi connectivity index (χ3n) is 5.06. The highest BCUT2D eigenvalue weighted by Gasteiger charge is 2.42. The van der Waals surface area contributed by atoms with Crippen LogP contribution in [-0.4, -0.2) is 16.5 Å². The summed E-state index contributed by atoms with van der Waals surface area (Å²) < 4.78 is 4.10. The molecule has 0 aliphatic heterocycles. The summed E-state index contributed by atoms with van der Waals surface area (Å²) in [6.45, 7) is 12.7. The van der Waals surface area contributed by atoms with Gasteiger partial charge in [-0.25, -0.2) is 0 Å². The molecule has 0 aliphatic rings. The molecule has 0 bridgehead atoms. The molecule has 0 unspecified atom stereocenters. The fraction of sp³-hybridized carbons (Fsp3) is 0. The Hall–Kier alpha value is -2.73. The minimum Gasteiger partial charge on any atom is -0.339 e. The Kier molecular flexibility index (Phi) is 5.86. The van der Waals surface area contributed by atoms with Crippen LogP contribution in [0.4, 0.5) is 0 Å². The number of nitrogens with one attached hydrogen (secondary N) is 1. The van der Waals surface area contributed by atoms with E-state index in [2.05, 4.69) is 126 Å². The number of hydrogen-bond donors (Lipinski definition) is 1. The molecule has 0 saturated carbocycles. The molecule has 3 rings (SSSR count). The molecular formula is C24H25NSi2. The van der Waals surface area contributed by atoms with Gasteiger partial charge in [0, 0.05) is 0 Å². The second kappa shape index (κ2) is 8.31. The van der Waals surface area contributed by atoms with Crippen LogP contribution in [0.15, 0.2) is 128 Å². The van der Waals surface area contributed by atoms with Crippen LogP contribution in [0, 0.1) is 0 Å². The molecule has 0 saturated heterocycles. The van der Waals surface area contributed by atoms with Crippen molar-refractivity contribution in [3.63, 3.8) is 0 Å². The minimum atomic E-state index is -2.45. The van der Waals surface area contributed by atoms with E-state index in [1.165, 1.54) is 15.6 Å². The zero-order valence-electron chi connectivity index (χ0n) is 15.5. The Bertz CT molecular complexity index is 857. The normalized spacial score (nSPS) is 11.6. The molecular weight excluding hydrogens is 358 g/mol. The van der Waals surface area contributed by atoms with E-state index in [9.17, 15) is 0 Å². The summed E-state index contributed by atoms with van der Waals surface area (Å²) in [4.78, 5) is 0. The number of hydrogen-bond acceptors (Lipinski definition) is 1. The van der Waals surface area contributed by atoms with Crippen LogP contribution in [0.5, 0.6) is 0 Å². The molecule has 1 N–H and O–H groups in total. The third-order valence-corrected chi connectivity index (χ3v) is 14.0. The van der Waals surface area contributed by atoms with Gasteiger partial charge in [0.15, 0.2) is 0 Å². The lowest BCUT2D eigenvalue weighted by atomic mass is 10.4. The highest BCUT2D eigenvalue weighted by molar-refractivity contribution is 7.15. The Labute approximate surface area is 164 Å². The topological polar surface area (TPSA) is 12.0 Å². The lowest BCUT2D eigenvalue weighted by Crippen LogP contribution is -2.77. The maximum Gasteiger partial charge on any atom is 0.208 e. The van der Waals surface area contributed by atoms with E-state index in [1.54, 1.807) is 0 Å². The fourth-order valence-corrected chi connectivity index (χ4v) is 12.7. The van der Waals surface area contributed by atoms with Gasteiger partial charge < -0.3 is 4.65 Å². The summed E-state index contributed by atoms with van der Waals surface area (Å²) in [7, 11) is -4.82. The summed E-state index contributed by atoms with van der Waals surface area (Å²) in [5.74, 6) is 0. The first-order chi connectivity index (χ1) is 13.2. The molecule has 134 valence electrons. The van der Waals surface area contributed by atoms with Gasteiger partial charge in [-0.3, -0.25) is 0 Å². The first-order valence-electron chi connectivity index (χ1n) is 9.07. The van der Waals surface area contributed by atoms with Crippen molar-refractivity contribution in [1.29, 1.82) is 0 Å². The van der Waals surface area contributed by atoms with E-state index in [0.717, 1.165) is 0 Å². The summed E-state index contributed by atoms with van der Waals surface area (Å²) in [6, 6.07) is 31.8. The lowest BCUT2D eigenvalue weighted by Gasteiger charge is -2.39. The van der Waals surface area contributed by atoms with Gasteiger partial charge in [0.25, 0.3) is 0 Å². The first-order valence-corrected chi connectivity index (χ1v) is 13.3. The summed E-state index contributed by atoms with van der Waals surface area (Å²) in [6.07, 6.45) is 0. The molecule has 1 nitrogen and oxygen atoms in total. The molecule has 0 heterocycles. The number of rotatable bonds is 8. The maximum atomic E-state index is 4.29. The van der Waals surface area contributed by atoms with Gasteiger partial charge in [0.2, 0.25) is 16.5 Å². The minimum absolute atomic E-state index is 1.25. The lowest BCUT2D eigenvalue weighted by molar-refractivity contribution is 1.42. The molecule has 3 heteroatoms. The summed E-state index contributed by atoms with van der Waals surface area (Å²) in [5.41, 5.74) is 6.29. The van der Waals surface area contributed by atoms with Gasteiger partial charge in [0.05, 0.1) is 0 Å². The smallest absolute Gasteiger partial charge is 0.208 e. The van der Waals surface area contributed by atoms with Gasteiger partial charge >= 0.3 is 0 Å². The van der Waals surface area contributed by atoms with Crippen LogP contribution >= 0.6 is 0 Å². The molecule has 0 aliphatic carbocycles. The monoisotopic (exact) mass is 383 g/mol. The van der Waals surface area contributed by atoms with Crippen LogP contribution in [-0.2, 0) is 0 Å². The van der Waals surface area contributed by atoms with E-state index in [-0.39, 0.29) is 0 Å². The quantitative estimate of drug-likeness (QED) is 0.588. The standard InChI is InChI=1S/C24H25NSi2/c1-4-26(5-2,22-16-10-7-11-17-22)25-27(6-3,23-18-12-8-13-19-23)24-20-14-9-15-21-24/h4-21,25H,1-3H2. The fourth-order valence-electron chi connectivity index (χ4n) is 3.53. The zero-order valence-corrected chi connectivity index (χ0v) is 17.5. The van der Waals surface area contributed by atoms with Crippen molar-refractivity contribution in [2.24, 2.45) is 0 Å². The second-order valence-electron chi connectivity index (χ2n) is 6.51. The van der Waals surface area contributed by atoms with Crippen LogP contribution in [0.2, 0.25) is 0 Å². The van der Waals surface area contributed by atoms with Crippen LogP contribution < -0.4 is 20.2 Å². The van der Waals surface area contributed by atoms with Gasteiger partial charge in [0.1, 0.15) is 0 Å². The van der Waals surface area contributed by atoms with E-state index < -0.39 is 16.5 Å². The maximum absolute atomic E-state index is 4.29. The molecule has 0 spiro atoms. The Morgan fingerprint density at radius 1 is 0.519 bits per heavy atom. The molecule has 0 aromatic heterocycles. The van der Waals surface area contributed by atoms with E-state index >= 15 is 0 Å². The van der Waals surface area contributed by atoms with Crippen molar-refractivity contribution in [2.45, 2.75) is 0 Å². The molecule has 0 radical (unpaired) electrons. The Morgan fingerprint density at radius 3 is 1.22 bits per heavy atom. The average Bonchev–Trinajstić information content (AvgIpc) is 2.77. The molecule has 0 atom stereocenters. The van der Waals surface area contributed by atoms with Crippen LogP contribution in [0.3, 0.4) is 0 Å². The Morgan fingerprint density at radius 2 is 0.889 bits per heavy atom. The molecule has 0 fully saturated rings. The molecule has 3 aromatic carbocycles. The van der Waals surface area contributed by atoms with Gasteiger partial charge in [-0.05, 0) is 15.6 Å². The van der Waals surface area contributed by atoms with E-state index in [4.69, 9.17) is 0 Å². The van der Waals surface area contributed by atoms with E-state index in [0.29, 0.717) is 0 Å². The highest BCUT2D eigenvalue weighted by Crippen LogP contribution is 2.12. The van der Waals surface area contributed by atoms with Crippen molar-refractivity contribution >= 4 is 32.0 Å². The predicted octanol–water partition coefficient (Wildman–Crippen LogP) is 3.36.